The van der Waals surface area contributed by atoms with E-state index in [0.717, 1.165) is 13.0 Å². The lowest BCUT2D eigenvalue weighted by Crippen LogP contribution is -2.32. The van der Waals surface area contributed by atoms with Crippen molar-refractivity contribution in [2.45, 2.75) is 32.7 Å². The quantitative estimate of drug-likeness (QED) is 0.363. The SMILES string of the molecule is CCOC(=O)OC1=C(C)Nc2ccn(CCCN(C)C)c(=O)c2C1c1ccccc1[N+](=O)[O-]. The van der Waals surface area contributed by atoms with Gasteiger partial charge in [0.15, 0.2) is 0 Å². The molecule has 10 nitrogen and oxygen atoms in total. The first kappa shape index (κ1) is 24.0. The molecule has 1 atom stereocenters. The molecular weight excluding hydrogens is 428 g/mol. The van der Waals surface area contributed by atoms with Crippen LogP contribution in [0.1, 0.15) is 37.3 Å². The number of anilines is 1. The van der Waals surface area contributed by atoms with E-state index in [1.165, 1.54) is 6.07 Å². The highest BCUT2D eigenvalue weighted by molar-refractivity contribution is 5.69. The number of benzene rings is 1. The highest BCUT2D eigenvalue weighted by Crippen LogP contribution is 2.43. The molecule has 2 aromatic rings. The summed E-state index contributed by atoms with van der Waals surface area (Å²) in [6.45, 7) is 4.70. The molecule has 3 rings (SSSR count). The number of allylic oxidation sites excluding steroid dienone is 2. The number of pyridine rings is 1. The number of nitro benzene ring substituents is 1. The van der Waals surface area contributed by atoms with Crippen molar-refractivity contribution in [3.63, 3.8) is 0 Å². The van der Waals surface area contributed by atoms with Crippen molar-refractivity contribution >= 4 is 17.5 Å². The van der Waals surface area contributed by atoms with E-state index in [4.69, 9.17) is 9.47 Å². The van der Waals surface area contributed by atoms with Gasteiger partial charge in [0.1, 0.15) is 5.76 Å². The Morgan fingerprint density at radius 1 is 1.27 bits per heavy atom. The van der Waals surface area contributed by atoms with E-state index in [1.807, 2.05) is 19.0 Å². The van der Waals surface area contributed by atoms with Crippen molar-refractivity contribution in [2.24, 2.45) is 0 Å². The van der Waals surface area contributed by atoms with Gasteiger partial charge in [-0.05, 0) is 47.0 Å². The molecule has 0 radical (unpaired) electrons. The zero-order valence-corrected chi connectivity index (χ0v) is 19.2. The van der Waals surface area contributed by atoms with Crippen LogP contribution in [0.5, 0.6) is 0 Å². The zero-order chi connectivity index (χ0) is 24.1. The Hall–Kier alpha value is -3.66. The summed E-state index contributed by atoms with van der Waals surface area (Å²) in [5.74, 6) is -0.862. The minimum Gasteiger partial charge on any atom is -0.434 e. The number of aryl methyl sites for hydroxylation is 1. The maximum atomic E-state index is 13.6. The van der Waals surface area contributed by atoms with E-state index < -0.39 is 17.0 Å². The van der Waals surface area contributed by atoms with Crippen LogP contribution in [0.3, 0.4) is 0 Å². The number of hydrogen-bond donors (Lipinski definition) is 1. The summed E-state index contributed by atoms with van der Waals surface area (Å²) in [6.07, 6.45) is 1.50. The summed E-state index contributed by atoms with van der Waals surface area (Å²) < 4.78 is 12.0. The molecule has 0 bridgehead atoms. The molecule has 1 N–H and O–H groups in total. The van der Waals surface area contributed by atoms with Gasteiger partial charge in [-0.25, -0.2) is 4.79 Å². The first-order chi connectivity index (χ1) is 15.7. The van der Waals surface area contributed by atoms with Crippen LogP contribution in [0.15, 0.2) is 52.8 Å². The minimum absolute atomic E-state index is 0.0957. The lowest BCUT2D eigenvalue weighted by atomic mass is 9.85. The van der Waals surface area contributed by atoms with Crippen LogP contribution in [0.2, 0.25) is 0 Å². The van der Waals surface area contributed by atoms with Crippen molar-refractivity contribution in [2.75, 3.05) is 32.6 Å². The van der Waals surface area contributed by atoms with Gasteiger partial charge in [-0.3, -0.25) is 14.9 Å². The van der Waals surface area contributed by atoms with Crippen LogP contribution in [-0.2, 0) is 16.0 Å². The first-order valence-electron chi connectivity index (χ1n) is 10.7. The highest BCUT2D eigenvalue weighted by atomic mass is 16.7. The molecule has 33 heavy (non-hydrogen) atoms. The van der Waals surface area contributed by atoms with Crippen LogP contribution in [0, 0.1) is 10.1 Å². The van der Waals surface area contributed by atoms with E-state index >= 15 is 0 Å². The van der Waals surface area contributed by atoms with Gasteiger partial charge in [-0.1, -0.05) is 18.2 Å². The standard InChI is InChI=1S/C23H28N4O6/c1-5-32-23(29)33-21-15(2)24-17-11-14-26(13-8-12-25(3)4)22(28)20(17)19(21)16-9-6-7-10-18(16)27(30)31/h6-7,9-11,14,19,24H,5,8,12-13H2,1-4H3. The summed E-state index contributed by atoms with van der Waals surface area (Å²) in [4.78, 5) is 39.1. The maximum absolute atomic E-state index is 13.6. The Kier molecular flexibility index (Phi) is 7.49. The fraction of sp³-hybridized carbons (Fsp3) is 0.391. The van der Waals surface area contributed by atoms with Crippen molar-refractivity contribution in [3.05, 3.63) is 79.6 Å². The highest BCUT2D eigenvalue weighted by Gasteiger charge is 2.37. The molecule has 1 unspecified atom stereocenters. The van der Waals surface area contributed by atoms with Gasteiger partial charge in [0.25, 0.3) is 11.2 Å². The summed E-state index contributed by atoms with van der Waals surface area (Å²) in [5, 5.41) is 14.9. The lowest BCUT2D eigenvalue weighted by molar-refractivity contribution is -0.385. The number of rotatable bonds is 8. The van der Waals surface area contributed by atoms with Crippen LogP contribution >= 0.6 is 0 Å². The second kappa shape index (κ2) is 10.3. The van der Waals surface area contributed by atoms with Crippen molar-refractivity contribution in [1.29, 1.82) is 0 Å². The van der Waals surface area contributed by atoms with E-state index in [2.05, 4.69) is 5.32 Å². The zero-order valence-electron chi connectivity index (χ0n) is 19.2. The van der Waals surface area contributed by atoms with Crippen molar-refractivity contribution in [3.8, 4) is 0 Å². The van der Waals surface area contributed by atoms with Gasteiger partial charge >= 0.3 is 6.16 Å². The Bertz CT molecular complexity index is 1140. The predicted molar refractivity (Wildman–Crippen MR) is 123 cm³/mol. The molecule has 1 aromatic carbocycles. The molecular formula is C23H28N4O6. The Morgan fingerprint density at radius 2 is 2.00 bits per heavy atom. The summed E-state index contributed by atoms with van der Waals surface area (Å²) in [7, 11) is 3.91. The molecule has 0 spiro atoms. The van der Waals surface area contributed by atoms with Gasteiger partial charge in [-0.15, -0.1) is 0 Å². The molecule has 1 aliphatic heterocycles. The number of nitrogens with one attached hydrogen (secondary N) is 1. The van der Waals surface area contributed by atoms with E-state index in [-0.39, 0.29) is 34.7 Å². The number of nitrogens with zero attached hydrogens (tertiary/aromatic N) is 3. The topological polar surface area (TPSA) is 116 Å². The number of carbonyl (C=O) groups is 1. The van der Waals surface area contributed by atoms with Crippen LogP contribution in [0.25, 0.3) is 0 Å². The van der Waals surface area contributed by atoms with Crippen LogP contribution in [-0.4, -0.2) is 47.8 Å². The van der Waals surface area contributed by atoms with Gasteiger partial charge in [-0.2, -0.15) is 0 Å². The number of ether oxygens (including phenoxy) is 2. The average molecular weight is 456 g/mol. The minimum atomic E-state index is -0.957. The van der Waals surface area contributed by atoms with E-state index in [0.29, 0.717) is 17.9 Å². The van der Waals surface area contributed by atoms with Crippen molar-refractivity contribution in [1.82, 2.24) is 9.47 Å². The number of hydrogen-bond acceptors (Lipinski definition) is 8. The summed E-state index contributed by atoms with van der Waals surface area (Å²) in [5.41, 5.74) is 1.03. The fourth-order valence-electron chi connectivity index (χ4n) is 3.89. The van der Waals surface area contributed by atoms with Crippen LogP contribution in [0.4, 0.5) is 16.2 Å². The lowest BCUT2D eigenvalue weighted by Gasteiger charge is -2.29. The van der Waals surface area contributed by atoms with Gasteiger partial charge in [0.05, 0.1) is 28.7 Å². The van der Waals surface area contributed by atoms with E-state index in [9.17, 15) is 19.7 Å². The Labute approximate surface area is 191 Å². The maximum Gasteiger partial charge on any atom is 0.513 e. The smallest absolute Gasteiger partial charge is 0.434 e. The molecule has 0 fully saturated rings. The van der Waals surface area contributed by atoms with Gasteiger partial charge < -0.3 is 24.3 Å². The van der Waals surface area contributed by atoms with Gasteiger partial charge in [0, 0.05) is 30.1 Å². The second-order valence-electron chi connectivity index (χ2n) is 7.95. The normalized spacial score (nSPS) is 15.1. The number of fused-ring (bicyclic) bond motifs is 1. The summed E-state index contributed by atoms with van der Waals surface area (Å²) >= 11 is 0. The first-order valence-corrected chi connectivity index (χ1v) is 10.7. The molecule has 10 heteroatoms. The largest absolute Gasteiger partial charge is 0.513 e. The molecule has 1 aliphatic rings. The molecule has 2 heterocycles. The Balaban J connectivity index is 2.18. The monoisotopic (exact) mass is 456 g/mol. The third-order valence-corrected chi connectivity index (χ3v) is 5.35. The second-order valence-corrected chi connectivity index (χ2v) is 7.95. The molecule has 1 aromatic heterocycles. The van der Waals surface area contributed by atoms with Crippen LogP contribution < -0.4 is 10.9 Å². The molecule has 176 valence electrons. The molecule has 0 saturated heterocycles. The predicted octanol–water partition coefficient (Wildman–Crippen LogP) is 3.67. The number of aromatic nitrogens is 1. The Morgan fingerprint density at radius 3 is 2.67 bits per heavy atom. The third-order valence-electron chi connectivity index (χ3n) is 5.35. The van der Waals surface area contributed by atoms with E-state index in [1.54, 1.807) is 48.9 Å². The molecule has 0 saturated carbocycles. The van der Waals surface area contributed by atoms with Gasteiger partial charge in [0.2, 0.25) is 0 Å². The fourth-order valence-corrected chi connectivity index (χ4v) is 3.89. The van der Waals surface area contributed by atoms with Crippen molar-refractivity contribution < 1.29 is 19.2 Å². The average Bonchev–Trinajstić information content (AvgIpc) is 2.76. The molecule has 0 amide bonds. The summed E-state index contributed by atoms with van der Waals surface area (Å²) in [6, 6.07) is 7.91. The number of nitro groups is 1. The number of carbonyl (C=O) groups excluding carboxylic acids is 1. The third kappa shape index (κ3) is 5.23. The number of para-hydroxylation sites is 1. The molecule has 0 aliphatic carbocycles.